The fourth-order valence-electron chi connectivity index (χ4n) is 2.08. The SMILES string of the molecule is CC(=O)Nc1nc2c(s1)CCN(C(=O)OC(C)(C)C)CC2. The number of rotatable bonds is 1. The second-order valence-corrected chi connectivity index (χ2v) is 7.12. The first kappa shape index (κ1) is 15.8. The summed E-state index contributed by atoms with van der Waals surface area (Å²) < 4.78 is 5.40. The third kappa shape index (κ3) is 4.42. The monoisotopic (exact) mass is 311 g/mol. The van der Waals surface area contributed by atoms with Crippen LogP contribution in [-0.4, -0.2) is 40.6 Å². The van der Waals surface area contributed by atoms with E-state index >= 15 is 0 Å². The molecule has 2 heterocycles. The van der Waals surface area contributed by atoms with Gasteiger partial charge in [-0.25, -0.2) is 9.78 Å². The number of thiazole rings is 1. The average molecular weight is 311 g/mol. The average Bonchev–Trinajstić information content (AvgIpc) is 2.57. The topological polar surface area (TPSA) is 71.5 Å². The highest BCUT2D eigenvalue weighted by atomic mass is 32.1. The Morgan fingerprint density at radius 3 is 2.57 bits per heavy atom. The highest BCUT2D eigenvalue weighted by Crippen LogP contribution is 2.26. The van der Waals surface area contributed by atoms with Crippen LogP contribution in [0, 0.1) is 0 Å². The zero-order valence-electron chi connectivity index (χ0n) is 12.9. The first-order valence-electron chi connectivity index (χ1n) is 6.99. The molecule has 0 saturated heterocycles. The van der Waals surface area contributed by atoms with E-state index in [9.17, 15) is 9.59 Å². The van der Waals surface area contributed by atoms with Crippen molar-refractivity contribution in [2.45, 2.75) is 46.1 Å². The van der Waals surface area contributed by atoms with Crippen LogP contribution >= 0.6 is 11.3 Å². The molecule has 2 rings (SSSR count). The zero-order valence-corrected chi connectivity index (χ0v) is 13.7. The maximum atomic E-state index is 12.1. The van der Waals surface area contributed by atoms with Gasteiger partial charge in [-0.15, -0.1) is 11.3 Å². The molecule has 6 nitrogen and oxygen atoms in total. The number of fused-ring (bicyclic) bond motifs is 1. The van der Waals surface area contributed by atoms with Gasteiger partial charge in [0, 0.05) is 37.7 Å². The Morgan fingerprint density at radius 1 is 1.29 bits per heavy atom. The summed E-state index contributed by atoms with van der Waals surface area (Å²) in [5, 5.41) is 3.35. The van der Waals surface area contributed by atoms with Gasteiger partial charge in [0.2, 0.25) is 5.91 Å². The van der Waals surface area contributed by atoms with E-state index in [-0.39, 0.29) is 12.0 Å². The molecule has 1 aliphatic heterocycles. The number of nitrogens with zero attached hydrogens (tertiary/aromatic N) is 2. The molecule has 0 aromatic carbocycles. The lowest BCUT2D eigenvalue weighted by Crippen LogP contribution is -2.38. The van der Waals surface area contributed by atoms with Crippen LogP contribution in [0.2, 0.25) is 0 Å². The van der Waals surface area contributed by atoms with Crippen molar-refractivity contribution in [1.29, 1.82) is 0 Å². The second-order valence-electron chi connectivity index (χ2n) is 6.04. The minimum Gasteiger partial charge on any atom is -0.444 e. The second kappa shape index (κ2) is 6.01. The number of amides is 2. The lowest BCUT2D eigenvalue weighted by Gasteiger charge is -2.26. The first-order chi connectivity index (χ1) is 9.74. The van der Waals surface area contributed by atoms with Crippen LogP contribution in [0.15, 0.2) is 0 Å². The van der Waals surface area contributed by atoms with E-state index in [1.165, 1.54) is 18.3 Å². The molecule has 0 atom stereocenters. The third-order valence-electron chi connectivity index (χ3n) is 2.94. The fraction of sp³-hybridized carbons (Fsp3) is 0.643. The van der Waals surface area contributed by atoms with Crippen LogP contribution in [-0.2, 0) is 22.4 Å². The molecule has 1 aromatic heterocycles. The van der Waals surface area contributed by atoms with Crippen molar-refractivity contribution in [3.8, 4) is 0 Å². The number of ether oxygens (including phenoxy) is 1. The molecular weight excluding hydrogens is 290 g/mol. The highest BCUT2D eigenvalue weighted by Gasteiger charge is 2.25. The Labute approximate surface area is 128 Å². The van der Waals surface area contributed by atoms with Gasteiger partial charge in [-0.3, -0.25) is 4.79 Å². The summed E-state index contributed by atoms with van der Waals surface area (Å²) in [6, 6.07) is 0. The maximum absolute atomic E-state index is 12.1. The lowest BCUT2D eigenvalue weighted by molar-refractivity contribution is -0.114. The van der Waals surface area contributed by atoms with Crippen LogP contribution in [0.25, 0.3) is 0 Å². The summed E-state index contributed by atoms with van der Waals surface area (Å²) in [5.41, 5.74) is 0.486. The number of carbonyl (C=O) groups is 2. The lowest BCUT2D eigenvalue weighted by atomic mass is 10.2. The summed E-state index contributed by atoms with van der Waals surface area (Å²) >= 11 is 1.48. The van der Waals surface area contributed by atoms with E-state index < -0.39 is 5.60 Å². The van der Waals surface area contributed by atoms with Crippen molar-refractivity contribution in [2.75, 3.05) is 18.4 Å². The van der Waals surface area contributed by atoms with E-state index in [0.29, 0.717) is 24.6 Å². The van der Waals surface area contributed by atoms with E-state index in [2.05, 4.69) is 10.3 Å². The molecule has 1 aromatic rings. The summed E-state index contributed by atoms with van der Waals surface area (Å²) in [6.45, 7) is 8.26. The van der Waals surface area contributed by atoms with E-state index in [1.54, 1.807) is 4.90 Å². The van der Waals surface area contributed by atoms with Crippen LogP contribution in [0.4, 0.5) is 9.93 Å². The third-order valence-corrected chi connectivity index (χ3v) is 4.01. The van der Waals surface area contributed by atoms with Crippen molar-refractivity contribution in [3.63, 3.8) is 0 Å². The highest BCUT2D eigenvalue weighted by molar-refractivity contribution is 7.15. The zero-order chi connectivity index (χ0) is 15.6. The van der Waals surface area contributed by atoms with Gasteiger partial charge < -0.3 is 15.0 Å². The Balaban J connectivity index is 2.00. The van der Waals surface area contributed by atoms with Gasteiger partial charge in [0.15, 0.2) is 5.13 Å². The van der Waals surface area contributed by atoms with Gasteiger partial charge >= 0.3 is 6.09 Å². The molecule has 116 valence electrons. The molecule has 0 radical (unpaired) electrons. The Kier molecular flexibility index (Phi) is 4.51. The summed E-state index contributed by atoms with van der Waals surface area (Å²) in [6.07, 6.45) is 1.15. The van der Waals surface area contributed by atoms with Crippen molar-refractivity contribution in [2.24, 2.45) is 0 Å². The molecule has 1 N–H and O–H groups in total. The normalized spacial score (nSPS) is 15.1. The molecule has 0 spiro atoms. The molecule has 0 bridgehead atoms. The minimum atomic E-state index is -0.481. The summed E-state index contributed by atoms with van der Waals surface area (Å²) in [5.74, 6) is -0.116. The molecule has 1 aliphatic rings. The molecule has 0 fully saturated rings. The predicted octanol–water partition coefficient (Wildman–Crippen LogP) is 2.44. The van der Waals surface area contributed by atoms with E-state index in [0.717, 1.165) is 17.0 Å². The van der Waals surface area contributed by atoms with Crippen LogP contribution in [0.1, 0.15) is 38.3 Å². The fourth-order valence-corrected chi connectivity index (χ4v) is 3.12. The minimum absolute atomic E-state index is 0.116. The van der Waals surface area contributed by atoms with E-state index in [4.69, 9.17) is 4.74 Å². The quantitative estimate of drug-likeness (QED) is 0.864. The van der Waals surface area contributed by atoms with E-state index in [1.807, 2.05) is 20.8 Å². The standard InChI is InChI=1S/C14H21N3O3S/c1-9(18)15-12-16-10-5-7-17(8-6-11(10)21-12)13(19)20-14(2,3)4/h5-8H2,1-4H3,(H,15,16,18). The van der Waals surface area contributed by atoms with Gasteiger partial charge in [-0.1, -0.05) is 0 Å². The maximum Gasteiger partial charge on any atom is 0.410 e. The van der Waals surface area contributed by atoms with Crippen molar-refractivity contribution >= 4 is 28.5 Å². The molecule has 0 saturated carbocycles. The molecule has 21 heavy (non-hydrogen) atoms. The van der Waals surface area contributed by atoms with Crippen molar-refractivity contribution < 1.29 is 14.3 Å². The largest absolute Gasteiger partial charge is 0.444 e. The first-order valence-corrected chi connectivity index (χ1v) is 7.80. The van der Waals surface area contributed by atoms with Crippen LogP contribution in [0.5, 0.6) is 0 Å². The molecule has 0 aliphatic carbocycles. The van der Waals surface area contributed by atoms with Crippen molar-refractivity contribution in [1.82, 2.24) is 9.88 Å². The molecule has 0 unspecified atom stereocenters. The number of nitrogens with one attached hydrogen (secondary N) is 1. The van der Waals surface area contributed by atoms with Gasteiger partial charge in [-0.05, 0) is 20.8 Å². The van der Waals surface area contributed by atoms with Gasteiger partial charge in [0.25, 0.3) is 0 Å². The van der Waals surface area contributed by atoms with Gasteiger partial charge in [0.05, 0.1) is 5.69 Å². The Bertz CT molecular complexity index is 523. The number of hydrogen-bond acceptors (Lipinski definition) is 5. The summed E-state index contributed by atoms with van der Waals surface area (Å²) in [4.78, 5) is 30.4. The number of carbonyl (C=O) groups excluding carboxylic acids is 2. The predicted molar refractivity (Wildman–Crippen MR) is 81.6 cm³/mol. The summed E-state index contributed by atoms with van der Waals surface area (Å²) in [7, 11) is 0. The molecule has 7 heteroatoms. The Morgan fingerprint density at radius 2 is 1.95 bits per heavy atom. The molecular formula is C14H21N3O3S. The van der Waals surface area contributed by atoms with Crippen LogP contribution < -0.4 is 5.32 Å². The number of hydrogen-bond donors (Lipinski definition) is 1. The molecule has 2 amide bonds. The van der Waals surface area contributed by atoms with Gasteiger partial charge in [0.1, 0.15) is 5.60 Å². The number of anilines is 1. The Hall–Kier alpha value is -1.63. The smallest absolute Gasteiger partial charge is 0.410 e. The van der Waals surface area contributed by atoms with Crippen molar-refractivity contribution in [3.05, 3.63) is 10.6 Å². The van der Waals surface area contributed by atoms with Gasteiger partial charge in [-0.2, -0.15) is 0 Å². The number of aromatic nitrogens is 1. The van der Waals surface area contributed by atoms with Crippen LogP contribution in [0.3, 0.4) is 0 Å².